The van der Waals surface area contributed by atoms with E-state index in [0.717, 1.165) is 17.7 Å². The minimum atomic E-state index is -0.164. The number of hydrogen-bond acceptors (Lipinski definition) is 4. The van der Waals surface area contributed by atoms with Crippen LogP contribution in [0, 0.1) is 0 Å². The molecule has 0 radical (unpaired) electrons. The Morgan fingerprint density at radius 1 is 1.44 bits per heavy atom. The van der Waals surface area contributed by atoms with Gasteiger partial charge in [0.05, 0.1) is 10.3 Å². The Bertz CT molecular complexity index is 466. The van der Waals surface area contributed by atoms with Gasteiger partial charge in [0.15, 0.2) is 5.82 Å². The van der Waals surface area contributed by atoms with E-state index in [1.165, 1.54) is 4.88 Å². The lowest BCUT2D eigenvalue weighted by Gasteiger charge is -1.95. The van der Waals surface area contributed by atoms with Crippen LogP contribution in [-0.2, 0) is 6.42 Å². The van der Waals surface area contributed by atoms with Crippen molar-refractivity contribution in [3.05, 3.63) is 22.8 Å². The van der Waals surface area contributed by atoms with Crippen LogP contribution in [0.15, 0.2) is 16.7 Å². The summed E-state index contributed by atoms with van der Waals surface area (Å²) in [4.78, 5) is 6.62. The number of aromatic nitrogens is 2. The maximum atomic E-state index is 6.04. The Balaban J connectivity index is 2.24. The molecule has 0 N–H and O–H groups in total. The van der Waals surface area contributed by atoms with Crippen molar-refractivity contribution >= 4 is 22.9 Å². The van der Waals surface area contributed by atoms with Gasteiger partial charge in [0, 0.05) is 4.88 Å². The van der Waals surface area contributed by atoms with Gasteiger partial charge >= 0.3 is 0 Å². The van der Waals surface area contributed by atoms with Gasteiger partial charge in [0.1, 0.15) is 0 Å². The fraction of sp³-hybridized carbons (Fsp3) is 0.455. The first kappa shape index (κ1) is 11.6. The van der Waals surface area contributed by atoms with Crippen molar-refractivity contribution in [3.8, 4) is 10.8 Å². The van der Waals surface area contributed by atoms with Gasteiger partial charge in [-0.3, -0.25) is 0 Å². The lowest BCUT2D eigenvalue weighted by atomic mass is 10.3. The highest BCUT2D eigenvalue weighted by molar-refractivity contribution is 7.15. The maximum absolute atomic E-state index is 6.04. The Labute approximate surface area is 103 Å². The second-order valence-corrected chi connectivity index (χ2v) is 5.15. The molecule has 2 rings (SSSR count). The van der Waals surface area contributed by atoms with Gasteiger partial charge in [0.25, 0.3) is 5.89 Å². The highest BCUT2D eigenvalue weighted by Gasteiger charge is 2.15. The average Bonchev–Trinajstić information content (AvgIpc) is 2.95. The average molecular weight is 257 g/mol. The summed E-state index contributed by atoms with van der Waals surface area (Å²) in [5, 5.41) is 3.72. The molecule has 0 saturated heterocycles. The molecule has 16 heavy (non-hydrogen) atoms. The van der Waals surface area contributed by atoms with Crippen LogP contribution in [0.25, 0.3) is 10.8 Å². The Morgan fingerprint density at radius 2 is 2.25 bits per heavy atom. The van der Waals surface area contributed by atoms with Gasteiger partial charge in [-0.1, -0.05) is 19.0 Å². The molecule has 2 heterocycles. The van der Waals surface area contributed by atoms with Gasteiger partial charge in [-0.15, -0.1) is 22.9 Å². The van der Waals surface area contributed by atoms with Crippen LogP contribution >= 0.6 is 22.9 Å². The van der Waals surface area contributed by atoms with Crippen LogP contribution in [0.5, 0.6) is 0 Å². The Morgan fingerprint density at radius 3 is 2.88 bits per heavy atom. The van der Waals surface area contributed by atoms with E-state index in [9.17, 15) is 0 Å². The van der Waals surface area contributed by atoms with E-state index in [0.29, 0.717) is 11.7 Å². The highest BCUT2D eigenvalue weighted by atomic mass is 35.5. The molecule has 1 atom stereocenters. The van der Waals surface area contributed by atoms with Gasteiger partial charge in [0.2, 0.25) is 0 Å². The molecule has 2 aromatic rings. The van der Waals surface area contributed by atoms with Gasteiger partial charge in [-0.25, -0.2) is 0 Å². The van der Waals surface area contributed by atoms with E-state index in [1.807, 2.05) is 13.0 Å². The van der Waals surface area contributed by atoms with E-state index in [-0.39, 0.29) is 5.38 Å². The van der Waals surface area contributed by atoms with Crippen molar-refractivity contribution < 1.29 is 4.52 Å². The van der Waals surface area contributed by atoms with Gasteiger partial charge < -0.3 is 4.52 Å². The van der Waals surface area contributed by atoms with E-state index in [2.05, 4.69) is 23.1 Å². The number of rotatable bonds is 4. The van der Waals surface area contributed by atoms with Crippen LogP contribution in [0.1, 0.15) is 36.3 Å². The summed E-state index contributed by atoms with van der Waals surface area (Å²) in [6.07, 6.45) is 1.82. The monoisotopic (exact) mass is 256 g/mol. The smallest absolute Gasteiger partial charge is 0.268 e. The minimum Gasteiger partial charge on any atom is -0.333 e. The largest absolute Gasteiger partial charge is 0.333 e. The van der Waals surface area contributed by atoms with Crippen molar-refractivity contribution in [3.63, 3.8) is 0 Å². The summed E-state index contributed by atoms with van der Waals surface area (Å²) < 4.78 is 5.20. The molecule has 0 amide bonds. The molecule has 86 valence electrons. The second kappa shape index (κ2) is 4.97. The molecule has 0 aliphatic rings. The van der Waals surface area contributed by atoms with E-state index in [4.69, 9.17) is 16.1 Å². The van der Waals surface area contributed by atoms with Gasteiger partial charge in [-0.05, 0) is 25.0 Å². The zero-order chi connectivity index (χ0) is 11.5. The molecule has 0 spiro atoms. The number of nitrogens with zero attached hydrogens (tertiary/aromatic N) is 2. The lowest BCUT2D eigenvalue weighted by Crippen LogP contribution is -1.90. The van der Waals surface area contributed by atoms with E-state index < -0.39 is 0 Å². The van der Waals surface area contributed by atoms with E-state index in [1.54, 1.807) is 11.3 Å². The number of hydrogen-bond donors (Lipinski definition) is 0. The van der Waals surface area contributed by atoms with Crippen LogP contribution in [0.4, 0.5) is 0 Å². The summed E-state index contributed by atoms with van der Waals surface area (Å²) in [5.74, 6) is 1.14. The molecule has 0 fully saturated rings. The molecule has 5 heteroatoms. The molecule has 3 nitrogen and oxygen atoms in total. The Kier molecular flexibility index (Phi) is 3.61. The number of thiophene rings is 1. The summed E-state index contributed by atoms with van der Waals surface area (Å²) >= 11 is 7.72. The predicted octanol–water partition coefficient (Wildman–Crippen LogP) is 4.05. The highest BCUT2D eigenvalue weighted by Crippen LogP contribution is 2.29. The van der Waals surface area contributed by atoms with Crippen molar-refractivity contribution in [2.24, 2.45) is 0 Å². The third-order valence-electron chi connectivity index (χ3n) is 2.30. The van der Waals surface area contributed by atoms with E-state index >= 15 is 0 Å². The summed E-state index contributed by atoms with van der Waals surface area (Å²) in [6, 6.07) is 4.10. The second-order valence-electron chi connectivity index (χ2n) is 3.45. The summed E-state index contributed by atoms with van der Waals surface area (Å²) in [5.41, 5.74) is 0. The third-order valence-corrected chi connectivity index (χ3v) is 4.02. The lowest BCUT2D eigenvalue weighted by molar-refractivity contribution is 0.422. The molecule has 1 unspecified atom stereocenters. The molecule has 2 aromatic heterocycles. The number of aryl methyl sites for hydroxylation is 1. The van der Waals surface area contributed by atoms with Crippen molar-refractivity contribution in [2.45, 2.75) is 32.1 Å². The molecular weight excluding hydrogens is 244 g/mol. The normalized spacial score (nSPS) is 12.9. The predicted molar refractivity (Wildman–Crippen MR) is 65.9 cm³/mol. The van der Waals surface area contributed by atoms with Crippen LogP contribution < -0.4 is 0 Å². The minimum absolute atomic E-state index is 0.164. The van der Waals surface area contributed by atoms with Crippen LogP contribution in [0.2, 0.25) is 0 Å². The zero-order valence-electron chi connectivity index (χ0n) is 9.24. The fourth-order valence-electron chi connectivity index (χ4n) is 1.33. The third kappa shape index (κ3) is 2.28. The van der Waals surface area contributed by atoms with Crippen LogP contribution in [0.3, 0.4) is 0 Å². The number of alkyl halides is 1. The van der Waals surface area contributed by atoms with Crippen molar-refractivity contribution in [1.29, 1.82) is 0 Å². The number of halogens is 1. The van der Waals surface area contributed by atoms with Crippen molar-refractivity contribution in [1.82, 2.24) is 10.1 Å². The molecule has 0 aliphatic carbocycles. The molecule has 0 saturated carbocycles. The maximum Gasteiger partial charge on any atom is 0.268 e. The molecule has 0 aliphatic heterocycles. The first-order chi connectivity index (χ1) is 7.74. The standard InChI is InChI=1S/C11H13ClN2OS/c1-3-7-5-6-9(16-7)11-13-10(14-15-11)8(12)4-2/h5-6,8H,3-4H2,1-2H3. The summed E-state index contributed by atoms with van der Waals surface area (Å²) in [6.45, 7) is 4.12. The van der Waals surface area contributed by atoms with Crippen molar-refractivity contribution in [2.75, 3.05) is 0 Å². The quantitative estimate of drug-likeness (QED) is 0.775. The molecule has 0 aromatic carbocycles. The fourth-order valence-corrected chi connectivity index (χ4v) is 2.29. The zero-order valence-corrected chi connectivity index (χ0v) is 10.8. The van der Waals surface area contributed by atoms with Crippen LogP contribution in [-0.4, -0.2) is 10.1 Å². The summed E-state index contributed by atoms with van der Waals surface area (Å²) in [7, 11) is 0. The molecular formula is C11H13ClN2OS. The Hall–Kier alpha value is -0.870. The topological polar surface area (TPSA) is 38.9 Å². The van der Waals surface area contributed by atoms with Gasteiger partial charge in [-0.2, -0.15) is 4.98 Å². The SMILES string of the molecule is CCc1ccc(-c2nc(C(Cl)CC)no2)s1. The first-order valence-electron chi connectivity index (χ1n) is 5.31. The molecule has 0 bridgehead atoms. The first-order valence-corrected chi connectivity index (χ1v) is 6.56.